The van der Waals surface area contributed by atoms with Gasteiger partial charge in [0.15, 0.2) is 5.75 Å². The van der Waals surface area contributed by atoms with E-state index in [-0.39, 0.29) is 18.2 Å². The van der Waals surface area contributed by atoms with Crippen LogP contribution in [0.15, 0.2) is 61.1 Å². The summed E-state index contributed by atoms with van der Waals surface area (Å²) in [5.41, 5.74) is 5.75. The summed E-state index contributed by atoms with van der Waals surface area (Å²) in [7, 11) is 0. The molecule has 5 rings (SSSR count). The molecule has 9 heteroatoms. The van der Waals surface area contributed by atoms with Crippen molar-refractivity contribution in [1.29, 1.82) is 0 Å². The van der Waals surface area contributed by atoms with Gasteiger partial charge in [0.2, 0.25) is 5.91 Å². The van der Waals surface area contributed by atoms with Crippen LogP contribution in [0.1, 0.15) is 46.5 Å². The van der Waals surface area contributed by atoms with Gasteiger partial charge in [-0.25, -0.2) is 0 Å². The Morgan fingerprint density at radius 1 is 1.05 bits per heavy atom. The molecule has 2 amide bonds. The molecular weight excluding hydrogens is 512 g/mol. The number of aryl methyl sites for hydroxylation is 1. The van der Waals surface area contributed by atoms with Gasteiger partial charge in [0.05, 0.1) is 31.7 Å². The second-order valence-electron chi connectivity index (χ2n) is 9.14. The standard InChI is InChI=1S/C30H30N4O4S/c1-4-37-28-22-9-7-13-32-27(22)29(38-5-2)23-17-34(30(36)26(23)28)24-11-10-21(14-19(24)3)18-39-33-25(35)15-20-8-6-12-31-16-20/h6-14,16H,4-5,15,17-18H2,1-3H3,(H,33,35). The third-order valence-electron chi connectivity index (χ3n) is 6.49. The largest absolute Gasteiger partial charge is 0.492 e. The Kier molecular flexibility index (Phi) is 7.97. The summed E-state index contributed by atoms with van der Waals surface area (Å²) in [5.74, 6) is 1.61. The molecule has 0 atom stereocenters. The fourth-order valence-corrected chi connectivity index (χ4v) is 5.51. The van der Waals surface area contributed by atoms with Crippen LogP contribution in [0.3, 0.4) is 0 Å². The molecule has 1 aliphatic heterocycles. The molecule has 0 fully saturated rings. The van der Waals surface area contributed by atoms with Crippen LogP contribution >= 0.6 is 11.9 Å². The van der Waals surface area contributed by atoms with Crippen LogP contribution in [-0.2, 0) is 23.5 Å². The first-order chi connectivity index (χ1) is 19.0. The van der Waals surface area contributed by atoms with E-state index in [2.05, 4.69) is 20.8 Å². The van der Waals surface area contributed by atoms with Gasteiger partial charge in [0, 0.05) is 41.0 Å². The number of hydrogen-bond acceptors (Lipinski definition) is 7. The highest BCUT2D eigenvalue weighted by Crippen LogP contribution is 2.45. The number of nitrogens with one attached hydrogen (secondary N) is 1. The summed E-state index contributed by atoms with van der Waals surface area (Å²) in [6, 6.07) is 13.5. The lowest BCUT2D eigenvalue weighted by Gasteiger charge is -2.19. The van der Waals surface area contributed by atoms with Gasteiger partial charge < -0.3 is 14.4 Å². The molecule has 0 spiro atoms. The number of fused-ring (bicyclic) bond motifs is 2. The van der Waals surface area contributed by atoms with Gasteiger partial charge in [-0.3, -0.25) is 24.3 Å². The van der Waals surface area contributed by atoms with Crippen molar-refractivity contribution in [3.63, 3.8) is 0 Å². The van der Waals surface area contributed by atoms with Crippen molar-refractivity contribution in [3.05, 3.63) is 88.9 Å². The minimum absolute atomic E-state index is 0.0705. The minimum atomic E-state index is -0.118. The summed E-state index contributed by atoms with van der Waals surface area (Å²) in [6.07, 6.45) is 5.39. The summed E-state index contributed by atoms with van der Waals surface area (Å²) in [5, 5.41) is 0.770. The topological polar surface area (TPSA) is 93.7 Å². The maximum atomic E-state index is 13.8. The molecule has 0 radical (unpaired) electrons. The Hall–Kier alpha value is -4.11. The number of carbonyl (C=O) groups is 2. The highest BCUT2D eigenvalue weighted by atomic mass is 32.2. The van der Waals surface area contributed by atoms with Crippen molar-refractivity contribution in [3.8, 4) is 11.5 Å². The van der Waals surface area contributed by atoms with E-state index in [1.54, 1.807) is 23.5 Å². The van der Waals surface area contributed by atoms with Gasteiger partial charge in [-0.15, -0.1) is 0 Å². The normalized spacial score (nSPS) is 12.5. The van der Waals surface area contributed by atoms with Crippen molar-refractivity contribution in [1.82, 2.24) is 14.7 Å². The Balaban J connectivity index is 1.35. The van der Waals surface area contributed by atoms with Crippen LogP contribution in [0.2, 0.25) is 0 Å². The van der Waals surface area contributed by atoms with Crippen LogP contribution < -0.4 is 19.1 Å². The molecule has 39 heavy (non-hydrogen) atoms. The van der Waals surface area contributed by atoms with Gasteiger partial charge in [-0.05, 0) is 73.7 Å². The molecule has 2 aromatic heterocycles. The third kappa shape index (κ3) is 5.40. The maximum absolute atomic E-state index is 13.8. The average molecular weight is 543 g/mol. The number of pyridine rings is 2. The van der Waals surface area contributed by atoms with E-state index in [1.807, 2.05) is 57.2 Å². The van der Waals surface area contributed by atoms with E-state index in [9.17, 15) is 9.59 Å². The molecule has 0 saturated heterocycles. The maximum Gasteiger partial charge on any atom is 0.262 e. The van der Waals surface area contributed by atoms with Crippen molar-refractivity contribution >= 4 is 40.4 Å². The summed E-state index contributed by atoms with van der Waals surface area (Å²) < 4.78 is 14.9. The van der Waals surface area contributed by atoms with Gasteiger partial charge in [0.25, 0.3) is 5.91 Å². The van der Waals surface area contributed by atoms with E-state index < -0.39 is 0 Å². The van der Waals surface area contributed by atoms with Gasteiger partial charge in [0.1, 0.15) is 11.3 Å². The smallest absolute Gasteiger partial charge is 0.262 e. The minimum Gasteiger partial charge on any atom is -0.492 e. The number of anilines is 1. The number of aromatic nitrogens is 2. The van der Waals surface area contributed by atoms with E-state index >= 15 is 0 Å². The average Bonchev–Trinajstić information content (AvgIpc) is 3.27. The Bertz CT molecular complexity index is 1530. The van der Waals surface area contributed by atoms with E-state index in [1.165, 1.54) is 11.9 Å². The Labute approximate surface area is 231 Å². The number of benzene rings is 2. The summed E-state index contributed by atoms with van der Waals surface area (Å²) in [4.78, 5) is 36.5. The number of rotatable bonds is 10. The number of nitrogens with zero attached hydrogens (tertiary/aromatic N) is 3. The molecule has 0 aliphatic carbocycles. The molecule has 3 heterocycles. The SMILES string of the molecule is CCOc1c2c(c(OCC)c3ncccc13)CN(c1ccc(CSNC(=O)Cc3cccnc3)cc1C)C2=O. The van der Waals surface area contributed by atoms with Crippen molar-refractivity contribution in [2.24, 2.45) is 0 Å². The Morgan fingerprint density at radius 3 is 2.59 bits per heavy atom. The molecular formula is C30H30N4O4S. The first-order valence-electron chi connectivity index (χ1n) is 12.9. The van der Waals surface area contributed by atoms with E-state index in [0.29, 0.717) is 48.1 Å². The molecule has 1 aliphatic rings. The van der Waals surface area contributed by atoms with Crippen molar-refractivity contribution in [2.45, 2.75) is 39.5 Å². The first kappa shape index (κ1) is 26.5. The summed E-state index contributed by atoms with van der Waals surface area (Å²) >= 11 is 1.35. The third-order valence-corrected chi connectivity index (χ3v) is 7.34. The van der Waals surface area contributed by atoms with Crippen LogP contribution in [0, 0.1) is 6.92 Å². The molecule has 4 aromatic rings. The lowest BCUT2D eigenvalue weighted by atomic mass is 10.0. The predicted octanol–water partition coefficient (Wildman–Crippen LogP) is 5.40. The fourth-order valence-electron chi connectivity index (χ4n) is 4.86. The second-order valence-corrected chi connectivity index (χ2v) is 9.92. The quantitative estimate of drug-likeness (QED) is 0.268. The fraction of sp³-hybridized carbons (Fsp3) is 0.267. The molecule has 1 N–H and O–H groups in total. The number of hydrogen-bond donors (Lipinski definition) is 1. The van der Waals surface area contributed by atoms with Crippen LogP contribution in [0.25, 0.3) is 10.9 Å². The van der Waals surface area contributed by atoms with Crippen LogP contribution in [0.5, 0.6) is 11.5 Å². The summed E-state index contributed by atoms with van der Waals surface area (Å²) in [6.45, 7) is 7.09. The van der Waals surface area contributed by atoms with Crippen LogP contribution in [0.4, 0.5) is 5.69 Å². The van der Waals surface area contributed by atoms with Crippen molar-refractivity contribution in [2.75, 3.05) is 18.1 Å². The molecule has 0 unspecified atom stereocenters. The number of ether oxygens (including phenoxy) is 2. The zero-order valence-electron chi connectivity index (χ0n) is 22.2. The Morgan fingerprint density at radius 2 is 1.85 bits per heavy atom. The first-order valence-corrected chi connectivity index (χ1v) is 13.9. The predicted molar refractivity (Wildman–Crippen MR) is 153 cm³/mol. The highest BCUT2D eigenvalue weighted by molar-refractivity contribution is 7.97. The van der Waals surface area contributed by atoms with Gasteiger partial charge in [-0.1, -0.05) is 18.2 Å². The van der Waals surface area contributed by atoms with E-state index in [4.69, 9.17) is 9.47 Å². The molecule has 200 valence electrons. The van der Waals surface area contributed by atoms with Gasteiger partial charge >= 0.3 is 0 Å². The number of carbonyl (C=O) groups excluding carboxylic acids is 2. The van der Waals surface area contributed by atoms with Gasteiger partial charge in [-0.2, -0.15) is 0 Å². The molecule has 0 bridgehead atoms. The molecule has 0 saturated carbocycles. The van der Waals surface area contributed by atoms with E-state index in [0.717, 1.165) is 33.3 Å². The molecule has 8 nitrogen and oxygen atoms in total. The zero-order chi connectivity index (χ0) is 27.4. The number of amides is 2. The lowest BCUT2D eigenvalue weighted by molar-refractivity contribution is -0.118. The zero-order valence-corrected chi connectivity index (χ0v) is 23.0. The lowest BCUT2D eigenvalue weighted by Crippen LogP contribution is -2.24. The van der Waals surface area contributed by atoms with Crippen LogP contribution in [-0.4, -0.2) is 35.0 Å². The monoisotopic (exact) mass is 542 g/mol. The second kappa shape index (κ2) is 11.7. The highest BCUT2D eigenvalue weighted by Gasteiger charge is 2.37. The molecule has 2 aromatic carbocycles. The van der Waals surface area contributed by atoms with Crippen molar-refractivity contribution < 1.29 is 19.1 Å².